The molecule has 1 aromatic heterocycles. The van der Waals surface area contributed by atoms with Crippen molar-refractivity contribution in [1.29, 1.82) is 0 Å². The molecule has 2 rings (SSSR count). The van der Waals surface area contributed by atoms with Crippen LogP contribution in [0.2, 0.25) is 0 Å². The molecule has 18 heavy (non-hydrogen) atoms. The van der Waals surface area contributed by atoms with Gasteiger partial charge in [0.1, 0.15) is 5.69 Å². The van der Waals surface area contributed by atoms with E-state index in [9.17, 15) is 4.79 Å². The number of aromatic nitrogens is 1. The van der Waals surface area contributed by atoms with E-state index in [1.54, 1.807) is 0 Å². The van der Waals surface area contributed by atoms with Crippen molar-refractivity contribution in [1.82, 2.24) is 9.88 Å². The van der Waals surface area contributed by atoms with Crippen LogP contribution in [0.1, 0.15) is 62.6 Å². The first kappa shape index (κ1) is 14.7. The lowest BCUT2D eigenvalue weighted by molar-refractivity contribution is 0.0786. The molecule has 1 amide bonds. The van der Waals surface area contributed by atoms with Crippen LogP contribution in [0.5, 0.6) is 0 Å². The summed E-state index contributed by atoms with van der Waals surface area (Å²) in [6.07, 6.45) is 2.24. The summed E-state index contributed by atoms with van der Waals surface area (Å²) in [4.78, 5) is 18.4. The number of rotatable bonds is 2. The van der Waals surface area contributed by atoms with Gasteiger partial charge in [0.2, 0.25) is 0 Å². The van der Waals surface area contributed by atoms with E-state index in [4.69, 9.17) is 0 Å². The lowest BCUT2D eigenvalue weighted by atomic mass is 10.1. The molecule has 0 aromatic carbocycles. The smallest absolute Gasteiger partial charge is 0.272 e. The second-order valence-electron chi connectivity index (χ2n) is 4.60. The second-order valence-corrected chi connectivity index (χ2v) is 4.60. The van der Waals surface area contributed by atoms with Crippen LogP contribution in [-0.2, 0) is 0 Å². The van der Waals surface area contributed by atoms with Crippen LogP contribution in [-0.4, -0.2) is 28.9 Å². The van der Waals surface area contributed by atoms with E-state index in [0.29, 0.717) is 11.6 Å². The van der Waals surface area contributed by atoms with Crippen molar-refractivity contribution in [2.75, 3.05) is 13.1 Å². The van der Waals surface area contributed by atoms with Crippen molar-refractivity contribution < 1.29 is 4.79 Å². The Balaban J connectivity index is 0.000000771. The number of nitrogens with zero attached hydrogens (tertiary/aromatic N) is 2. The molecule has 1 aliphatic rings. The van der Waals surface area contributed by atoms with Gasteiger partial charge in [0.25, 0.3) is 5.91 Å². The predicted octanol–water partition coefficient (Wildman–Crippen LogP) is 3.47. The van der Waals surface area contributed by atoms with Crippen molar-refractivity contribution in [3.05, 3.63) is 29.6 Å². The maximum atomic E-state index is 12.1. The van der Waals surface area contributed by atoms with Crippen molar-refractivity contribution in [2.45, 2.75) is 46.5 Å². The average Bonchev–Trinajstić information content (AvgIpc) is 2.94. The van der Waals surface area contributed by atoms with Crippen LogP contribution in [0.25, 0.3) is 0 Å². The zero-order chi connectivity index (χ0) is 13.5. The van der Waals surface area contributed by atoms with E-state index in [1.807, 2.05) is 36.9 Å². The molecule has 0 radical (unpaired) electrons. The lowest BCUT2D eigenvalue weighted by Gasteiger charge is -2.15. The first-order valence-electron chi connectivity index (χ1n) is 6.94. The topological polar surface area (TPSA) is 33.2 Å². The van der Waals surface area contributed by atoms with Gasteiger partial charge in [-0.25, -0.2) is 4.98 Å². The molecule has 1 fully saturated rings. The molecule has 0 unspecified atom stereocenters. The predicted molar refractivity (Wildman–Crippen MR) is 74.8 cm³/mol. The molecule has 0 aliphatic carbocycles. The Morgan fingerprint density at radius 2 is 1.83 bits per heavy atom. The van der Waals surface area contributed by atoms with Gasteiger partial charge >= 0.3 is 0 Å². The summed E-state index contributed by atoms with van der Waals surface area (Å²) >= 11 is 0. The van der Waals surface area contributed by atoms with Gasteiger partial charge in [0.15, 0.2) is 0 Å². The van der Waals surface area contributed by atoms with Gasteiger partial charge in [-0.3, -0.25) is 4.79 Å². The fourth-order valence-electron chi connectivity index (χ4n) is 1.97. The summed E-state index contributed by atoms with van der Waals surface area (Å²) in [5.41, 5.74) is 1.58. The molecule has 0 spiro atoms. The highest BCUT2D eigenvalue weighted by Gasteiger charge is 2.20. The van der Waals surface area contributed by atoms with E-state index in [-0.39, 0.29) is 5.91 Å². The standard InChI is InChI=1S/C13H18N2O.C2H6/c1-10(2)11-6-5-7-12(14-11)13(16)15-8-3-4-9-15;1-2/h5-7,10H,3-4,8-9H2,1-2H3;1-2H3. The van der Waals surface area contributed by atoms with Crippen molar-refractivity contribution >= 4 is 5.91 Å². The third-order valence-corrected chi connectivity index (χ3v) is 2.97. The first-order valence-corrected chi connectivity index (χ1v) is 6.94. The molecule has 3 heteroatoms. The first-order chi connectivity index (χ1) is 8.68. The monoisotopic (exact) mass is 248 g/mol. The molecule has 1 aromatic rings. The minimum atomic E-state index is 0.0833. The Kier molecular flexibility index (Phi) is 5.83. The molecule has 1 aliphatic heterocycles. The van der Waals surface area contributed by atoms with Crippen LogP contribution < -0.4 is 0 Å². The fourth-order valence-corrected chi connectivity index (χ4v) is 1.97. The highest BCUT2D eigenvalue weighted by Crippen LogP contribution is 2.15. The van der Waals surface area contributed by atoms with E-state index < -0.39 is 0 Å². The molecular weight excluding hydrogens is 224 g/mol. The molecule has 100 valence electrons. The molecule has 0 saturated carbocycles. The maximum absolute atomic E-state index is 12.1. The van der Waals surface area contributed by atoms with Gasteiger partial charge in [-0.05, 0) is 30.9 Å². The molecule has 3 nitrogen and oxygen atoms in total. The summed E-state index contributed by atoms with van der Waals surface area (Å²) in [6, 6.07) is 5.71. The average molecular weight is 248 g/mol. The normalized spacial score (nSPS) is 14.4. The van der Waals surface area contributed by atoms with Gasteiger partial charge in [0.05, 0.1) is 0 Å². The highest BCUT2D eigenvalue weighted by atomic mass is 16.2. The Hall–Kier alpha value is -1.38. The van der Waals surface area contributed by atoms with Gasteiger partial charge in [-0.1, -0.05) is 33.8 Å². The molecule has 0 bridgehead atoms. The number of carbonyl (C=O) groups is 1. The van der Waals surface area contributed by atoms with E-state index in [2.05, 4.69) is 18.8 Å². The van der Waals surface area contributed by atoms with Gasteiger partial charge < -0.3 is 4.90 Å². The summed E-state index contributed by atoms with van der Waals surface area (Å²) in [5, 5.41) is 0. The van der Waals surface area contributed by atoms with Gasteiger partial charge in [-0.2, -0.15) is 0 Å². The number of likely N-dealkylation sites (tertiary alicyclic amines) is 1. The van der Waals surface area contributed by atoms with Crippen molar-refractivity contribution in [2.24, 2.45) is 0 Å². The molecule has 1 saturated heterocycles. The zero-order valence-corrected chi connectivity index (χ0v) is 11.9. The minimum absolute atomic E-state index is 0.0833. The molecular formula is C15H24N2O. The van der Waals surface area contributed by atoms with Crippen LogP contribution in [0, 0.1) is 0 Å². The highest BCUT2D eigenvalue weighted by molar-refractivity contribution is 5.92. The van der Waals surface area contributed by atoms with Crippen LogP contribution in [0.4, 0.5) is 0 Å². The number of hydrogen-bond acceptors (Lipinski definition) is 2. The van der Waals surface area contributed by atoms with Crippen molar-refractivity contribution in [3.63, 3.8) is 0 Å². The van der Waals surface area contributed by atoms with Crippen LogP contribution in [0.3, 0.4) is 0 Å². The molecule has 0 N–H and O–H groups in total. The van der Waals surface area contributed by atoms with Crippen molar-refractivity contribution in [3.8, 4) is 0 Å². The van der Waals surface area contributed by atoms with Gasteiger partial charge in [-0.15, -0.1) is 0 Å². The number of amides is 1. The third-order valence-electron chi connectivity index (χ3n) is 2.97. The van der Waals surface area contributed by atoms with Gasteiger partial charge in [0, 0.05) is 18.8 Å². The number of pyridine rings is 1. The third kappa shape index (κ3) is 3.56. The summed E-state index contributed by atoms with van der Waals surface area (Å²) in [6.45, 7) is 9.94. The summed E-state index contributed by atoms with van der Waals surface area (Å²) < 4.78 is 0. The Morgan fingerprint density at radius 3 is 2.39 bits per heavy atom. The lowest BCUT2D eigenvalue weighted by Crippen LogP contribution is -2.28. The second kappa shape index (κ2) is 7.14. The Labute approximate surface area is 110 Å². The van der Waals surface area contributed by atoms with Crippen LogP contribution >= 0.6 is 0 Å². The quantitative estimate of drug-likeness (QED) is 0.803. The maximum Gasteiger partial charge on any atom is 0.272 e. The summed E-state index contributed by atoms with van der Waals surface area (Å²) in [7, 11) is 0. The minimum Gasteiger partial charge on any atom is -0.337 e. The molecule has 0 atom stereocenters. The largest absolute Gasteiger partial charge is 0.337 e. The zero-order valence-electron chi connectivity index (χ0n) is 11.9. The number of carbonyl (C=O) groups excluding carboxylic acids is 1. The van der Waals surface area contributed by atoms with Crippen LogP contribution in [0.15, 0.2) is 18.2 Å². The fraction of sp³-hybridized carbons (Fsp3) is 0.600. The Morgan fingerprint density at radius 1 is 1.22 bits per heavy atom. The molecule has 2 heterocycles. The van der Waals surface area contributed by atoms with E-state index >= 15 is 0 Å². The Bertz CT molecular complexity index is 382. The van der Waals surface area contributed by atoms with E-state index in [0.717, 1.165) is 31.6 Å². The SMILES string of the molecule is CC.CC(C)c1cccc(C(=O)N2CCCC2)n1. The van der Waals surface area contributed by atoms with E-state index in [1.165, 1.54) is 0 Å². The summed E-state index contributed by atoms with van der Waals surface area (Å²) in [5.74, 6) is 0.450. The number of hydrogen-bond donors (Lipinski definition) is 0.